The number of hydrogen-bond donors (Lipinski definition) is 2. The van der Waals surface area contributed by atoms with Gasteiger partial charge >= 0.3 is 0 Å². The zero-order valence-electron chi connectivity index (χ0n) is 11.0. The molecular weight excluding hydrogens is 212 g/mol. The summed E-state index contributed by atoms with van der Waals surface area (Å²) in [4.78, 5) is 11.8. The van der Waals surface area contributed by atoms with E-state index in [1.807, 2.05) is 0 Å². The van der Waals surface area contributed by atoms with E-state index < -0.39 is 0 Å². The largest absolute Gasteiger partial charge is 0.353 e. The molecule has 98 valence electrons. The van der Waals surface area contributed by atoms with Crippen LogP contribution in [0.1, 0.15) is 58.3 Å². The molecule has 0 spiro atoms. The summed E-state index contributed by atoms with van der Waals surface area (Å²) >= 11 is 0. The van der Waals surface area contributed by atoms with Crippen LogP contribution in [0.5, 0.6) is 0 Å². The van der Waals surface area contributed by atoms with Crippen molar-refractivity contribution in [1.82, 2.24) is 10.6 Å². The van der Waals surface area contributed by atoms with Crippen molar-refractivity contribution >= 4 is 5.91 Å². The van der Waals surface area contributed by atoms with Crippen LogP contribution in [-0.4, -0.2) is 24.5 Å². The van der Waals surface area contributed by atoms with Crippen LogP contribution in [0.4, 0.5) is 0 Å². The number of carbonyl (C=O) groups is 1. The van der Waals surface area contributed by atoms with Crippen molar-refractivity contribution in [1.29, 1.82) is 0 Å². The van der Waals surface area contributed by atoms with Crippen LogP contribution >= 0.6 is 0 Å². The second-order valence-corrected chi connectivity index (χ2v) is 5.77. The summed E-state index contributed by atoms with van der Waals surface area (Å²) in [5.74, 6) is 0.884. The standard InChI is InChI=1S/C14H26N2O/c1-11-5-3-2-4-6-13(11)16-14(17)9-10-15-12-7-8-12/h11-13,15H,2-10H2,1H3,(H,16,17). The third-order valence-corrected chi connectivity index (χ3v) is 4.07. The van der Waals surface area contributed by atoms with Crippen LogP contribution in [0.15, 0.2) is 0 Å². The third-order valence-electron chi connectivity index (χ3n) is 4.07. The maximum absolute atomic E-state index is 11.8. The first-order chi connectivity index (χ1) is 8.25. The van der Waals surface area contributed by atoms with Gasteiger partial charge in [0.05, 0.1) is 0 Å². The van der Waals surface area contributed by atoms with Crippen molar-refractivity contribution in [2.45, 2.75) is 70.4 Å². The first-order valence-corrected chi connectivity index (χ1v) is 7.28. The number of hydrogen-bond acceptors (Lipinski definition) is 2. The van der Waals surface area contributed by atoms with Gasteiger partial charge < -0.3 is 10.6 Å². The average molecular weight is 238 g/mol. The molecule has 1 amide bonds. The Balaban J connectivity index is 1.64. The lowest BCUT2D eigenvalue weighted by atomic mass is 9.97. The lowest BCUT2D eigenvalue weighted by Crippen LogP contribution is -2.40. The van der Waals surface area contributed by atoms with E-state index in [4.69, 9.17) is 0 Å². The molecule has 2 aliphatic carbocycles. The average Bonchev–Trinajstić information content (AvgIpc) is 3.10. The first-order valence-electron chi connectivity index (χ1n) is 7.28. The first kappa shape index (κ1) is 12.9. The van der Waals surface area contributed by atoms with Gasteiger partial charge in [0.2, 0.25) is 5.91 Å². The Morgan fingerprint density at radius 3 is 2.65 bits per heavy atom. The SMILES string of the molecule is CC1CCCCCC1NC(=O)CCNC1CC1. The molecule has 2 fully saturated rings. The summed E-state index contributed by atoms with van der Waals surface area (Å²) in [6, 6.07) is 1.13. The Morgan fingerprint density at radius 1 is 1.12 bits per heavy atom. The highest BCUT2D eigenvalue weighted by Gasteiger charge is 2.22. The minimum Gasteiger partial charge on any atom is -0.353 e. The predicted molar refractivity (Wildman–Crippen MR) is 69.8 cm³/mol. The Bertz CT molecular complexity index is 251. The highest BCUT2D eigenvalue weighted by atomic mass is 16.1. The minimum atomic E-state index is 0.233. The van der Waals surface area contributed by atoms with Crippen LogP contribution < -0.4 is 10.6 Å². The van der Waals surface area contributed by atoms with Gasteiger partial charge in [-0.15, -0.1) is 0 Å². The molecule has 0 heterocycles. The molecule has 0 aliphatic heterocycles. The molecule has 0 saturated heterocycles. The molecule has 3 heteroatoms. The molecule has 0 aromatic heterocycles. The molecule has 0 aromatic rings. The van der Waals surface area contributed by atoms with Gasteiger partial charge in [-0.05, 0) is 31.6 Å². The second kappa shape index (κ2) is 6.39. The zero-order valence-corrected chi connectivity index (χ0v) is 11.0. The predicted octanol–water partition coefficient (Wildman–Crippen LogP) is 2.21. The van der Waals surface area contributed by atoms with E-state index in [0.29, 0.717) is 24.4 Å². The van der Waals surface area contributed by atoms with E-state index in [1.165, 1.54) is 44.9 Å². The number of amides is 1. The molecule has 2 N–H and O–H groups in total. The van der Waals surface area contributed by atoms with Crippen LogP contribution in [0, 0.1) is 5.92 Å². The lowest BCUT2D eigenvalue weighted by Gasteiger charge is -2.22. The molecule has 0 radical (unpaired) electrons. The van der Waals surface area contributed by atoms with Crippen molar-refractivity contribution in [3.63, 3.8) is 0 Å². The van der Waals surface area contributed by atoms with E-state index in [2.05, 4.69) is 17.6 Å². The maximum Gasteiger partial charge on any atom is 0.221 e. The van der Waals surface area contributed by atoms with Gasteiger partial charge in [-0.2, -0.15) is 0 Å². The van der Waals surface area contributed by atoms with Gasteiger partial charge in [-0.1, -0.05) is 26.2 Å². The van der Waals surface area contributed by atoms with Gasteiger partial charge in [-0.3, -0.25) is 4.79 Å². The Kier molecular flexibility index (Phi) is 4.84. The van der Waals surface area contributed by atoms with Crippen molar-refractivity contribution in [3.8, 4) is 0 Å². The molecular formula is C14H26N2O. The smallest absolute Gasteiger partial charge is 0.221 e. The highest BCUT2D eigenvalue weighted by Crippen LogP contribution is 2.23. The summed E-state index contributed by atoms with van der Waals surface area (Å²) < 4.78 is 0. The van der Waals surface area contributed by atoms with Gasteiger partial charge in [0.25, 0.3) is 0 Å². The van der Waals surface area contributed by atoms with Crippen LogP contribution in [0.3, 0.4) is 0 Å². The van der Waals surface area contributed by atoms with E-state index in [-0.39, 0.29) is 5.91 Å². The quantitative estimate of drug-likeness (QED) is 0.721. The van der Waals surface area contributed by atoms with Crippen LogP contribution in [0.2, 0.25) is 0 Å². The Labute approximate surface area is 105 Å². The number of nitrogens with one attached hydrogen (secondary N) is 2. The second-order valence-electron chi connectivity index (χ2n) is 5.77. The monoisotopic (exact) mass is 238 g/mol. The molecule has 2 aliphatic rings. The summed E-state index contributed by atoms with van der Waals surface area (Å²) in [6.07, 6.45) is 9.60. The van der Waals surface area contributed by atoms with Gasteiger partial charge in [0.15, 0.2) is 0 Å². The fourth-order valence-electron chi connectivity index (χ4n) is 2.66. The Morgan fingerprint density at radius 2 is 1.88 bits per heavy atom. The summed E-state index contributed by atoms with van der Waals surface area (Å²) in [7, 11) is 0. The molecule has 2 atom stereocenters. The van der Waals surface area contributed by atoms with Crippen molar-refractivity contribution in [2.24, 2.45) is 5.92 Å². The molecule has 2 unspecified atom stereocenters. The van der Waals surface area contributed by atoms with Gasteiger partial charge in [-0.25, -0.2) is 0 Å². The molecule has 2 saturated carbocycles. The summed E-state index contributed by atoms with van der Waals surface area (Å²) in [5.41, 5.74) is 0. The van der Waals surface area contributed by atoms with Crippen LogP contribution in [0.25, 0.3) is 0 Å². The fraction of sp³-hybridized carbons (Fsp3) is 0.929. The van der Waals surface area contributed by atoms with Crippen molar-refractivity contribution < 1.29 is 4.79 Å². The highest BCUT2D eigenvalue weighted by molar-refractivity contribution is 5.76. The number of carbonyl (C=O) groups excluding carboxylic acids is 1. The van der Waals surface area contributed by atoms with Crippen molar-refractivity contribution in [3.05, 3.63) is 0 Å². The number of rotatable bonds is 5. The Hall–Kier alpha value is -0.570. The fourth-order valence-corrected chi connectivity index (χ4v) is 2.66. The van der Waals surface area contributed by atoms with E-state index in [9.17, 15) is 4.79 Å². The van der Waals surface area contributed by atoms with Gasteiger partial charge in [0.1, 0.15) is 0 Å². The van der Waals surface area contributed by atoms with E-state index in [1.54, 1.807) is 0 Å². The van der Waals surface area contributed by atoms with Crippen LogP contribution in [-0.2, 0) is 4.79 Å². The maximum atomic E-state index is 11.8. The normalized spacial score (nSPS) is 29.7. The minimum absolute atomic E-state index is 0.233. The van der Waals surface area contributed by atoms with E-state index in [0.717, 1.165) is 6.54 Å². The third kappa shape index (κ3) is 4.66. The molecule has 2 rings (SSSR count). The van der Waals surface area contributed by atoms with Gasteiger partial charge in [0, 0.05) is 25.0 Å². The summed E-state index contributed by atoms with van der Waals surface area (Å²) in [6.45, 7) is 3.12. The van der Waals surface area contributed by atoms with Crippen molar-refractivity contribution in [2.75, 3.05) is 6.54 Å². The molecule has 17 heavy (non-hydrogen) atoms. The molecule has 0 bridgehead atoms. The van der Waals surface area contributed by atoms with E-state index >= 15 is 0 Å². The lowest BCUT2D eigenvalue weighted by molar-refractivity contribution is -0.122. The zero-order chi connectivity index (χ0) is 12.1. The summed E-state index contributed by atoms with van der Waals surface area (Å²) in [5, 5.41) is 6.61. The molecule has 3 nitrogen and oxygen atoms in total. The topological polar surface area (TPSA) is 41.1 Å². The molecule has 0 aromatic carbocycles.